The molecule has 0 N–H and O–H groups in total. The summed E-state index contributed by atoms with van der Waals surface area (Å²) in [5, 5.41) is 0. The summed E-state index contributed by atoms with van der Waals surface area (Å²) < 4.78 is 11.0. The highest BCUT2D eigenvalue weighted by Crippen LogP contribution is 2.31. The van der Waals surface area contributed by atoms with E-state index in [4.69, 9.17) is 9.47 Å². The quantitative estimate of drug-likeness (QED) is 0.802. The van der Waals surface area contributed by atoms with E-state index in [1.165, 1.54) is 5.56 Å². The lowest BCUT2D eigenvalue weighted by atomic mass is 10.0. The predicted octanol–water partition coefficient (Wildman–Crippen LogP) is 3.25. The second-order valence-electron chi connectivity index (χ2n) is 4.74. The molecular formula is C17H16O3. The molecule has 2 aromatic carbocycles. The van der Waals surface area contributed by atoms with Gasteiger partial charge in [0, 0.05) is 11.1 Å². The topological polar surface area (TPSA) is 35.5 Å². The number of hydrogen-bond donors (Lipinski definition) is 0. The third kappa shape index (κ3) is 2.39. The normalized spacial score (nSPS) is 13.1. The maximum Gasteiger partial charge on any atom is 0.193 e. The Labute approximate surface area is 118 Å². The van der Waals surface area contributed by atoms with E-state index < -0.39 is 0 Å². The lowest BCUT2D eigenvalue weighted by Crippen LogP contribution is -2.15. The third-order valence-electron chi connectivity index (χ3n) is 3.43. The molecule has 20 heavy (non-hydrogen) atoms. The first-order valence-corrected chi connectivity index (χ1v) is 6.81. The number of aryl methyl sites for hydroxylation is 1. The first-order chi connectivity index (χ1) is 9.78. The molecule has 0 amide bonds. The molecule has 2 aromatic rings. The molecule has 3 nitrogen and oxygen atoms in total. The minimum atomic E-state index is 0.00428. The molecule has 0 spiro atoms. The molecule has 0 bridgehead atoms. The van der Waals surface area contributed by atoms with E-state index in [0.29, 0.717) is 35.8 Å². The maximum absolute atomic E-state index is 12.4. The van der Waals surface area contributed by atoms with Gasteiger partial charge in [-0.15, -0.1) is 0 Å². The Morgan fingerprint density at radius 1 is 0.950 bits per heavy atom. The predicted molar refractivity (Wildman–Crippen MR) is 76.7 cm³/mol. The highest BCUT2D eigenvalue weighted by Gasteiger charge is 2.15. The van der Waals surface area contributed by atoms with Crippen LogP contribution in [0.25, 0.3) is 0 Å². The largest absolute Gasteiger partial charge is 0.486 e. The van der Waals surface area contributed by atoms with Crippen molar-refractivity contribution in [2.75, 3.05) is 13.2 Å². The summed E-state index contributed by atoms with van der Waals surface area (Å²) in [4.78, 5) is 12.4. The minimum Gasteiger partial charge on any atom is -0.486 e. The van der Waals surface area contributed by atoms with E-state index in [1.807, 2.05) is 24.3 Å². The van der Waals surface area contributed by atoms with Crippen LogP contribution in [-0.4, -0.2) is 19.0 Å². The molecule has 1 aliphatic rings. The Hall–Kier alpha value is -2.29. The molecule has 0 unspecified atom stereocenters. The highest BCUT2D eigenvalue weighted by atomic mass is 16.6. The second-order valence-corrected chi connectivity index (χ2v) is 4.74. The Morgan fingerprint density at radius 3 is 2.30 bits per heavy atom. The molecule has 1 aliphatic heterocycles. The minimum absolute atomic E-state index is 0.00428. The van der Waals surface area contributed by atoms with Crippen molar-refractivity contribution in [3.8, 4) is 11.5 Å². The smallest absolute Gasteiger partial charge is 0.193 e. The molecule has 0 saturated carbocycles. The molecule has 0 aliphatic carbocycles. The molecule has 0 saturated heterocycles. The van der Waals surface area contributed by atoms with Gasteiger partial charge in [0.2, 0.25) is 0 Å². The summed E-state index contributed by atoms with van der Waals surface area (Å²) in [5.74, 6) is 1.35. The van der Waals surface area contributed by atoms with Crippen molar-refractivity contribution in [2.45, 2.75) is 13.3 Å². The van der Waals surface area contributed by atoms with Crippen molar-refractivity contribution in [3.05, 3.63) is 59.2 Å². The number of carbonyl (C=O) groups is 1. The van der Waals surface area contributed by atoms with Gasteiger partial charge in [0.25, 0.3) is 0 Å². The molecule has 0 fully saturated rings. The van der Waals surface area contributed by atoms with E-state index in [2.05, 4.69) is 6.92 Å². The Kier molecular flexibility index (Phi) is 3.42. The van der Waals surface area contributed by atoms with Crippen LogP contribution in [0.3, 0.4) is 0 Å². The van der Waals surface area contributed by atoms with Crippen LogP contribution in [0, 0.1) is 0 Å². The molecule has 0 aromatic heterocycles. The number of benzene rings is 2. The number of carbonyl (C=O) groups excluding carboxylic acids is 1. The summed E-state index contributed by atoms with van der Waals surface area (Å²) in [5.41, 5.74) is 2.54. The van der Waals surface area contributed by atoms with Crippen LogP contribution in [0.15, 0.2) is 42.5 Å². The van der Waals surface area contributed by atoms with E-state index in [-0.39, 0.29) is 5.78 Å². The zero-order valence-electron chi connectivity index (χ0n) is 11.4. The van der Waals surface area contributed by atoms with Crippen molar-refractivity contribution in [3.63, 3.8) is 0 Å². The summed E-state index contributed by atoms with van der Waals surface area (Å²) in [6.45, 7) is 3.17. The SMILES string of the molecule is CCc1ccc(C(=O)c2ccc3c(c2)OCCO3)cc1. The van der Waals surface area contributed by atoms with Crippen LogP contribution < -0.4 is 9.47 Å². The fraction of sp³-hybridized carbons (Fsp3) is 0.235. The van der Waals surface area contributed by atoms with Gasteiger partial charge >= 0.3 is 0 Å². The van der Waals surface area contributed by atoms with E-state index in [1.54, 1.807) is 18.2 Å². The zero-order valence-corrected chi connectivity index (χ0v) is 11.4. The molecule has 3 rings (SSSR count). The van der Waals surface area contributed by atoms with Gasteiger partial charge in [0.05, 0.1) is 0 Å². The van der Waals surface area contributed by atoms with Crippen LogP contribution in [0.2, 0.25) is 0 Å². The van der Waals surface area contributed by atoms with Crippen LogP contribution in [-0.2, 0) is 6.42 Å². The monoisotopic (exact) mass is 268 g/mol. The van der Waals surface area contributed by atoms with Crippen LogP contribution in [0.1, 0.15) is 28.4 Å². The molecular weight excluding hydrogens is 252 g/mol. The fourth-order valence-corrected chi connectivity index (χ4v) is 2.24. The standard InChI is InChI=1S/C17H16O3/c1-2-12-3-5-13(6-4-12)17(18)14-7-8-15-16(11-14)20-10-9-19-15/h3-8,11H,2,9-10H2,1H3. The molecule has 3 heteroatoms. The van der Waals surface area contributed by atoms with E-state index in [0.717, 1.165) is 6.42 Å². The molecule has 0 radical (unpaired) electrons. The first-order valence-electron chi connectivity index (χ1n) is 6.81. The number of hydrogen-bond acceptors (Lipinski definition) is 3. The van der Waals surface area contributed by atoms with Crippen molar-refractivity contribution >= 4 is 5.78 Å². The van der Waals surface area contributed by atoms with E-state index in [9.17, 15) is 4.79 Å². The van der Waals surface area contributed by atoms with Gasteiger partial charge < -0.3 is 9.47 Å². The average molecular weight is 268 g/mol. The average Bonchev–Trinajstić information content (AvgIpc) is 2.54. The Balaban J connectivity index is 1.89. The summed E-state index contributed by atoms with van der Waals surface area (Å²) in [6.07, 6.45) is 0.971. The van der Waals surface area contributed by atoms with Gasteiger partial charge in [-0.25, -0.2) is 0 Å². The number of rotatable bonds is 3. The lowest BCUT2D eigenvalue weighted by molar-refractivity contribution is 0.103. The molecule has 1 heterocycles. The first kappa shape index (κ1) is 12.7. The highest BCUT2D eigenvalue weighted by molar-refractivity contribution is 6.09. The van der Waals surface area contributed by atoms with Gasteiger partial charge in [-0.3, -0.25) is 4.79 Å². The number of fused-ring (bicyclic) bond motifs is 1. The summed E-state index contributed by atoms with van der Waals surface area (Å²) >= 11 is 0. The number of ether oxygens (including phenoxy) is 2. The summed E-state index contributed by atoms with van der Waals surface area (Å²) in [7, 11) is 0. The van der Waals surface area contributed by atoms with Gasteiger partial charge in [-0.05, 0) is 30.2 Å². The number of ketones is 1. The van der Waals surface area contributed by atoms with Gasteiger partial charge in [-0.2, -0.15) is 0 Å². The third-order valence-corrected chi connectivity index (χ3v) is 3.43. The Bertz CT molecular complexity index is 629. The van der Waals surface area contributed by atoms with Crippen molar-refractivity contribution in [2.24, 2.45) is 0 Å². The second kappa shape index (κ2) is 5.37. The van der Waals surface area contributed by atoms with Gasteiger partial charge in [-0.1, -0.05) is 31.2 Å². The molecule has 102 valence electrons. The lowest BCUT2D eigenvalue weighted by Gasteiger charge is -2.18. The van der Waals surface area contributed by atoms with Crippen LogP contribution in [0.5, 0.6) is 11.5 Å². The van der Waals surface area contributed by atoms with Crippen molar-refractivity contribution in [1.82, 2.24) is 0 Å². The fourth-order valence-electron chi connectivity index (χ4n) is 2.24. The van der Waals surface area contributed by atoms with Crippen LogP contribution >= 0.6 is 0 Å². The summed E-state index contributed by atoms with van der Waals surface area (Å²) in [6, 6.07) is 13.1. The van der Waals surface area contributed by atoms with Gasteiger partial charge in [0.1, 0.15) is 13.2 Å². The van der Waals surface area contributed by atoms with E-state index >= 15 is 0 Å². The zero-order chi connectivity index (χ0) is 13.9. The molecule has 0 atom stereocenters. The van der Waals surface area contributed by atoms with Gasteiger partial charge in [0.15, 0.2) is 17.3 Å². The Morgan fingerprint density at radius 2 is 1.60 bits per heavy atom. The van der Waals surface area contributed by atoms with Crippen molar-refractivity contribution in [1.29, 1.82) is 0 Å². The van der Waals surface area contributed by atoms with Crippen molar-refractivity contribution < 1.29 is 14.3 Å². The maximum atomic E-state index is 12.4. The van der Waals surface area contributed by atoms with Crippen LogP contribution in [0.4, 0.5) is 0 Å².